The van der Waals surface area contributed by atoms with E-state index in [9.17, 15) is 9.59 Å². The van der Waals surface area contributed by atoms with E-state index in [1.807, 2.05) is 0 Å². The topological polar surface area (TPSA) is 60.2 Å². The van der Waals surface area contributed by atoms with Gasteiger partial charge in [-0.25, -0.2) is 0 Å². The van der Waals surface area contributed by atoms with Crippen LogP contribution in [0.2, 0.25) is 0 Å². The smallest absolute Gasteiger partial charge is 0.211 e. The molecule has 5 heteroatoms. The van der Waals surface area contributed by atoms with Gasteiger partial charge in [0.25, 0.3) is 0 Å². The van der Waals surface area contributed by atoms with Crippen molar-refractivity contribution in [3.8, 4) is 0 Å². The third-order valence-electron chi connectivity index (χ3n) is 1.05. The fraction of sp³-hybridized carbons (Fsp3) is 0.167. The number of carbonyl (C=O) groups is 2. The van der Waals surface area contributed by atoms with Crippen LogP contribution >= 0.6 is 15.9 Å². The summed E-state index contributed by atoms with van der Waals surface area (Å²) in [6.45, 7) is 0. The minimum absolute atomic E-state index is 0.101. The number of ketones is 1. The second kappa shape index (κ2) is 3.43. The average Bonchev–Trinajstić information content (AvgIpc) is 2.50. The molecule has 11 heavy (non-hydrogen) atoms. The lowest BCUT2D eigenvalue weighted by atomic mass is 10.3. The fourth-order valence-electron chi connectivity index (χ4n) is 0.542. The van der Waals surface area contributed by atoms with Crippen molar-refractivity contribution in [3.05, 3.63) is 17.5 Å². The molecule has 0 bridgehead atoms. The lowest BCUT2D eigenvalue weighted by Crippen LogP contribution is -1.96. The highest BCUT2D eigenvalue weighted by atomic mass is 79.9. The Morgan fingerprint density at radius 1 is 1.82 bits per heavy atom. The van der Waals surface area contributed by atoms with Crippen LogP contribution in [0.3, 0.4) is 0 Å². The maximum absolute atomic E-state index is 10.8. The van der Waals surface area contributed by atoms with Crippen LogP contribution in [-0.4, -0.2) is 22.6 Å². The molecule has 1 rings (SSSR count). The van der Waals surface area contributed by atoms with E-state index < -0.39 is 0 Å². The number of hydrogen-bond donors (Lipinski definition) is 0. The van der Waals surface area contributed by atoms with E-state index in [1.54, 1.807) is 0 Å². The maximum Gasteiger partial charge on any atom is 0.211 e. The zero-order valence-corrected chi connectivity index (χ0v) is 7.00. The van der Waals surface area contributed by atoms with Gasteiger partial charge in [0.2, 0.25) is 11.5 Å². The second-order valence-electron chi connectivity index (χ2n) is 1.79. The molecule has 0 aliphatic heterocycles. The molecular formula is C6H4BrNO3. The Morgan fingerprint density at radius 2 is 2.55 bits per heavy atom. The number of nitrogens with zero attached hydrogens (tertiary/aromatic N) is 1. The van der Waals surface area contributed by atoms with E-state index in [1.165, 1.54) is 6.07 Å². The van der Waals surface area contributed by atoms with Gasteiger partial charge in [-0.3, -0.25) is 9.59 Å². The van der Waals surface area contributed by atoms with E-state index in [-0.39, 0.29) is 22.6 Å². The van der Waals surface area contributed by atoms with Gasteiger partial charge in [-0.2, -0.15) is 0 Å². The van der Waals surface area contributed by atoms with Crippen LogP contribution < -0.4 is 0 Å². The first kappa shape index (κ1) is 8.13. The Morgan fingerprint density at radius 3 is 3.00 bits per heavy atom. The summed E-state index contributed by atoms with van der Waals surface area (Å²) in [6.07, 6.45) is 0.522. The van der Waals surface area contributed by atoms with Crippen LogP contribution in [0.5, 0.6) is 0 Å². The first-order chi connectivity index (χ1) is 5.27. The standard InChI is InChI=1S/C6H4BrNO3/c7-2-5(10)6-1-4(3-9)8-11-6/h1,3H,2H2. The third kappa shape index (κ3) is 1.74. The van der Waals surface area contributed by atoms with Gasteiger partial charge in [-0.15, -0.1) is 0 Å². The van der Waals surface area contributed by atoms with Gasteiger partial charge in [0.15, 0.2) is 6.29 Å². The SMILES string of the molecule is O=Cc1cc(C(=O)CBr)on1. The molecule has 58 valence electrons. The Balaban J connectivity index is 2.88. The number of halogens is 1. The van der Waals surface area contributed by atoms with Gasteiger partial charge >= 0.3 is 0 Å². The highest BCUT2D eigenvalue weighted by Crippen LogP contribution is 2.03. The summed E-state index contributed by atoms with van der Waals surface area (Å²) in [5, 5.41) is 3.49. The summed E-state index contributed by atoms with van der Waals surface area (Å²) in [4.78, 5) is 20.9. The monoisotopic (exact) mass is 217 g/mol. The van der Waals surface area contributed by atoms with Crippen LogP contribution in [0.25, 0.3) is 0 Å². The molecule has 0 saturated carbocycles. The molecular weight excluding hydrogens is 214 g/mol. The van der Waals surface area contributed by atoms with E-state index in [0.717, 1.165) is 0 Å². The number of aromatic nitrogens is 1. The zero-order chi connectivity index (χ0) is 8.27. The van der Waals surface area contributed by atoms with Crippen molar-refractivity contribution < 1.29 is 14.1 Å². The molecule has 0 spiro atoms. The van der Waals surface area contributed by atoms with E-state index in [4.69, 9.17) is 0 Å². The third-order valence-corrected chi connectivity index (χ3v) is 1.55. The first-order valence-corrected chi connectivity index (χ1v) is 3.91. The van der Waals surface area contributed by atoms with Crippen LogP contribution in [0, 0.1) is 0 Å². The molecule has 0 fully saturated rings. The molecule has 1 heterocycles. The highest BCUT2D eigenvalue weighted by Gasteiger charge is 2.10. The molecule has 0 amide bonds. The molecule has 0 N–H and O–H groups in total. The Hall–Kier alpha value is -0.970. The summed E-state index contributed by atoms with van der Waals surface area (Å²) < 4.78 is 4.55. The maximum atomic E-state index is 10.8. The summed E-state index contributed by atoms with van der Waals surface area (Å²) >= 11 is 2.96. The Labute approximate surface area is 70.7 Å². The van der Waals surface area contributed by atoms with Crippen molar-refractivity contribution in [2.24, 2.45) is 0 Å². The minimum Gasteiger partial charge on any atom is -0.352 e. The van der Waals surface area contributed by atoms with Gasteiger partial charge < -0.3 is 4.52 Å². The lowest BCUT2D eigenvalue weighted by Gasteiger charge is -1.83. The van der Waals surface area contributed by atoms with Gasteiger partial charge in [-0.1, -0.05) is 21.1 Å². The van der Waals surface area contributed by atoms with Crippen LogP contribution in [-0.2, 0) is 0 Å². The number of aldehydes is 1. The van der Waals surface area contributed by atoms with Crippen LogP contribution in [0.1, 0.15) is 21.0 Å². The molecule has 0 aromatic carbocycles. The molecule has 0 saturated heterocycles. The molecule has 1 aromatic heterocycles. The predicted molar refractivity (Wildman–Crippen MR) is 40.0 cm³/mol. The van der Waals surface area contributed by atoms with E-state index in [2.05, 4.69) is 25.6 Å². The van der Waals surface area contributed by atoms with Crippen LogP contribution in [0.15, 0.2) is 10.6 Å². The zero-order valence-electron chi connectivity index (χ0n) is 5.41. The minimum atomic E-state index is -0.231. The summed E-state index contributed by atoms with van der Waals surface area (Å²) in [5.41, 5.74) is 0.134. The number of rotatable bonds is 3. The summed E-state index contributed by atoms with van der Waals surface area (Å²) in [6, 6.07) is 1.30. The summed E-state index contributed by atoms with van der Waals surface area (Å²) in [7, 11) is 0. The lowest BCUT2D eigenvalue weighted by molar-refractivity contribution is 0.0983. The van der Waals surface area contributed by atoms with E-state index >= 15 is 0 Å². The second-order valence-corrected chi connectivity index (χ2v) is 2.35. The van der Waals surface area contributed by atoms with Crippen molar-refractivity contribution in [2.45, 2.75) is 0 Å². The number of carbonyl (C=O) groups excluding carboxylic acids is 2. The normalized spacial score (nSPS) is 9.55. The molecule has 0 aliphatic carbocycles. The van der Waals surface area contributed by atoms with Gasteiger partial charge in [0.1, 0.15) is 5.69 Å². The predicted octanol–water partition coefficient (Wildman–Crippen LogP) is 1.06. The van der Waals surface area contributed by atoms with E-state index in [0.29, 0.717) is 6.29 Å². The number of hydrogen-bond acceptors (Lipinski definition) is 4. The number of Topliss-reactive ketones (excluding diaryl/α,β-unsaturated/α-hetero) is 1. The average molecular weight is 218 g/mol. The molecule has 0 atom stereocenters. The molecule has 0 radical (unpaired) electrons. The van der Waals surface area contributed by atoms with Gasteiger partial charge in [0, 0.05) is 6.07 Å². The van der Waals surface area contributed by atoms with Crippen molar-refractivity contribution in [2.75, 3.05) is 5.33 Å². The Bertz CT molecular complexity index is 281. The van der Waals surface area contributed by atoms with Gasteiger partial charge in [0.05, 0.1) is 5.33 Å². The van der Waals surface area contributed by atoms with Gasteiger partial charge in [-0.05, 0) is 0 Å². The number of alkyl halides is 1. The first-order valence-electron chi connectivity index (χ1n) is 2.79. The molecule has 4 nitrogen and oxygen atoms in total. The van der Waals surface area contributed by atoms with Crippen molar-refractivity contribution in [1.82, 2.24) is 5.16 Å². The summed E-state index contributed by atoms with van der Waals surface area (Å²) in [5.74, 6) is -0.130. The quantitative estimate of drug-likeness (QED) is 0.432. The van der Waals surface area contributed by atoms with Crippen molar-refractivity contribution >= 4 is 28.0 Å². The van der Waals surface area contributed by atoms with Crippen molar-refractivity contribution in [3.63, 3.8) is 0 Å². The van der Waals surface area contributed by atoms with Crippen LogP contribution in [0.4, 0.5) is 0 Å². The largest absolute Gasteiger partial charge is 0.352 e. The molecule has 0 aliphatic rings. The fourth-order valence-corrected chi connectivity index (χ4v) is 0.818. The highest BCUT2D eigenvalue weighted by molar-refractivity contribution is 9.09. The molecule has 1 aromatic rings. The Kier molecular flexibility index (Phi) is 2.53. The molecule has 0 unspecified atom stereocenters. The van der Waals surface area contributed by atoms with Crippen molar-refractivity contribution in [1.29, 1.82) is 0 Å².